The first-order valence-corrected chi connectivity index (χ1v) is 27.4. The molecule has 0 aromatic rings. The number of aliphatic hydroxyl groups is 9. The highest BCUT2D eigenvalue weighted by molar-refractivity contribution is 7.48. The summed E-state index contributed by atoms with van der Waals surface area (Å²) in [5.41, 5.74) is 0. The number of ether oxygens (including phenoxy) is 5. The molecule has 17 N–H and O–H groups in total. The van der Waals surface area contributed by atoms with Crippen molar-refractivity contribution < 1.29 is 144 Å². The van der Waals surface area contributed by atoms with Gasteiger partial charge < -0.3 is 111 Å². The molecule has 25 atom stereocenters. The average Bonchev–Trinajstić information content (AvgIpc) is 4.12. The van der Waals surface area contributed by atoms with Gasteiger partial charge in [-0.1, -0.05) is 0 Å². The zero-order valence-corrected chi connectivity index (χ0v) is 43.2. The van der Waals surface area contributed by atoms with Crippen molar-refractivity contribution in [3.8, 4) is 0 Å². The molecule has 75 heavy (non-hydrogen) atoms. The Bertz CT molecular complexity index is 2100. The second-order valence-corrected chi connectivity index (χ2v) is 22.1. The Hall–Kier alpha value is -2.39. The van der Waals surface area contributed by atoms with Crippen molar-refractivity contribution in [1.82, 2.24) is 26.6 Å². The summed E-state index contributed by atoms with van der Waals surface area (Å²) < 4.78 is 99.6. The van der Waals surface area contributed by atoms with E-state index in [2.05, 4.69) is 26.6 Å². The van der Waals surface area contributed by atoms with Crippen molar-refractivity contribution >= 4 is 47.1 Å². The van der Waals surface area contributed by atoms with Gasteiger partial charge in [0.05, 0.1) is 32.5 Å². The van der Waals surface area contributed by atoms with E-state index in [-0.39, 0.29) is 6.04 Å². The number of aliphatic hydroxyl groups excluding tert-OH is 9. The van der Waals surface area contributed by atoms with E-state index >= 15 is 0 Å². The van der Waals surface area contributed by atoms with E-state index in [1.165, 1.54) is 0 Å². The molecule has 0 aliphatic carbocycles. The van der Waals surface area contributed by atoms with Gasteiger partial charge in [-0.05, 0) is 13.3 Å². The summed E-state index contributed by atoms with van der Waals surface area (Å²) in [6, 6.07) is -7.32. The number of carbonyl (C=O) groups is 4. The molecule has 0 aromatic heterocycles. The lowest BCUT2D eigenvalue weighted by atomic mass is 9.97. The van der Waals surface area contributed by atoms with Gasteiger partial charge in [-0.25, -0.2) is 13.7 Å². The Morgan fingerprint density at radius 3 is 1.07 bits per heavy atom. The van der Waals surface area contributed by atoms with E-state index in [1.54, 1.807) is 6.92 Å². The van der Waals surface area contributed by atoms with Gasteiger partial charge in [-0.15, -0.1) is 0 Å². The highest BCUT2D eigenvalue weighted by Crippen LogP contribution is 2.54. The molecule has 5 heterocycles. The topological polar surface area (TPSA) is 534 Å². The van der Waals surface area contributed by atoms with E-state index in [4.69, 9.17) is 50.8 Å². The zero-order chi connectivity index (χ0) is 56.1. The molecule has 5 aliphatic rings. The Morgan fingerprint density at radius 2 is 0.773 bits per heavy atom. The number of rotatable bonds is 24. The van der Waals surface area contributed by atoms with Crippen molar-refractivity contribution in [2.45, 2.75) is 176 Å². The molecule has 0 aromatic carbocycles. The fraction of sp³-hybridized carbons (Fsp3) is 0.892. The molecule has 434 valence electrons. The number of phosphoric acid groups is 3. The maximum atomic E-state index is 13.8. The highest BCUT2D eigenvalue weighted by Gasteiger charge is 2.57. The minimum Gasteiger partial charge on any atom is -0.394 e. The summed E-state index contributed by atoms with van der Waals surface area (Å²) in [5.74, 6) is -3.58. The lowest BCUT2D eigenvalue weighted by molar-refractivity contribution is -0.281. The largest absolute Gasteiger partial charge is 0.475 e. The van der Waals surface area contributed by atoms with Gasteiger partial charge >= 0.3 is 23.5 Å². The summed E-state index contributed by atoms with van der Waals surface area (Å²) in [4.78, 5) is 81.7. The van der Waals surface area contributed by atoms with Gasteiger partial charge in [-0.2, -0.15) is 0 Å². The number of phosphoric ester groups is 3. The van der Waals surface area contributed by atoms with Crippen LogP contribution in [0, 0.1) is 0 Å². The van der Waals surface area contributed by atoms with E-state index in [0.717, 1.165) is 34.2 Å². The summed E-state index contributed by atoms with van der Waals surface area (Å²) in [6.45, 7) is 1.71. The van der Waals surface area contributed by atoms with E-state index < -0.39 is 202 Å². The Balaban J connectivity index is 1.31. The number of hydrogen-bond donors (Lipinski definition) is 17. The van der Waals surface area contributed by atoms with Crippen LogP contribution in [0.5, 0.6) is 0 Å². The first kappa shape index (κ1) is 63.4. The van der Waals surface area contributed by atoms with E-state index in [1.807, 2.05) is 0 Å². The minimum absolute atomic E-state index is 0.135. The average molecular weight is 1150 g/mol. The number of amides is 4. The van der Waals surface area contributed by atoms with Gasteiger partial charge in [0.1, 0.15) is 97.4 Å². The third-order valence-electron chi connectivity index (χ3n) is 11.9. The van der Waals surface area contributed by atoms with Crippen LogP contribution >= 0.6 is 23.5 Å². The minimum atomic E-state index is -5.88. The molecule has 0 spiro atoms. The lowest BCUT2D eigenvalue weighted by Gasteiger charge is -2.46. The quantitative estimate of drug-likeness (QED) is 0.0315. The molecular formula is C37H66N5O30P3. The van der Waals surface area contributed by atoms with Gasteiger partial charge in [0, 0.05) is 40.3 Å². The maximum Gasteiger partial charge on any atom is 0.475 e. The van der Waals surface area contributed by atoms with Crippen molar-refractivity contribution in [2.24, 2.45) is 0 Å². The highest BCUT2D eigenvalue weighted by atomic mass is 31.2. The third-order valence-corrected chi connectivity index (χ3v) is 14.8. The van der Waals surface area contributed by atoms with Crippen LogP contribution in [0.4, 0.5) is 0 Å². The van der Waals surface area contributed by atoms with Crippen LogP contribution in [-0.4, -0.2) is 252 Å². The maximum absolute atomic E-state index is 13.8. The molecule has 35 nitrogen and oxygen atoms in total. The van der Waals surface area contributed by atoms with Crippen LogP contribution in [0.3, 0.4) is 0 Å². The smallest absolute Gasteiger partial charge is 0.394 e. The van der Waals surface area contributed by atoms with Crippen LogP contribution in [0.25, 0.3) is 0 Å². The summed E-state index contributed by atoms with van der Waals surface area (Å²) >= 11 is 0. The normalized spacial score (nSPS) is 40.9. The fourth-order valence-corrected chi connectivity index (χ4v) is 11.7. The Morgan fingerprint density at radius 1 is 0.493 bits per heavy atom. The van der Waals surface area contributed by atoms with E-state index in [9.17, 15) is 93.5 Å². The van der Waals surface area contributed by atoms with Crippen molar-refractivity contribution in [1.29, 1.82) is 0 Å². The van der Waals surface area contributed by atoms with E-state index in [0.29, 0.717) is 6.42 Å². The van der Waals surface area contributed by atoms with Crippen LogP contribution in [-0.2, 0) is 83.7 Å². The zero-order valence-electron chi connectivity index (χ0n) is 40.5. The number of carbonyl (C=O) groups excluding carboxylic acids is 4. The van der Waals surface area contributed by atoms with Crippen molar-refractivity contribution in [3.63, 3.8) is 0 Å². The Labute approximate surface area is 426 Å². The Kier molecular flexibility index (Phi) is 22.6. The predicted molar refractivity (Wildman–Crippen MR) is 238 cm³/mol. The molecule has 0 radical (unpaired) electrons. The number of nitrogens with one attached hydrogen (secondary N) is 5. The summed E-state index contributed by atoms with van der Waals surface area (Å²) in [5, 5.41) is 107. The molecule has 5 fully saturated rings. The molecule has 0 bridgehead atoms. The van der Waals surface area contributed by atoms with Gasteiger partial charge in [0.2, 0.25) is 23.6 Å². The molecule has 4 amide bonds. The molecule has 5 aliphatic heterocycles. The van der Waals surface area contributed by atoms with Gasteiger partial charge in [-0.3, -0.25) is 46.3 Å². The molecule has 0 saturated carbocycles. The fourth-order valence-electron chi connectivity index (χ4n) is 8.48. The SMILES string of the molecule is CC(=O)NC1C(OP(=O)(O)OC2C(CO)OC(OP(=O)(O)OC3C(CO)OC(OP(=O)(O)OC4C(CO)OC(OC(C)CC5CN5)C(NC(C)=O)C4O)C(NC(C)=O)C3O)C(NC(C)=O)C2O)OC(CO)C(O)C1O. The lowest BCUT2D eigenvalue weighted by Crippen LogP contribution is -2.66. The molecule has 38 heteroatoms. The second kappa shape index (κ2) is 26.7. The molecule has 5 rings (SSSR count). The first-order valence-electron chi connectivity index (χ1n) is 23.0. The summed E-state index contributed by atoms with van der Waals surface area (Å²) in [6.07, 6.45) is -32.8. The van der Waals surface area contributed by atoms with Crippen LogP contribution in [0.2, 0.25) is 0 Å². The van der Waals surface area contributed by atoms with Crippen molar-refractivity contribution in [3.05, 3.63) is 0 Å². The molecule has 25 unspecified atom stereocenters. The summed E-state index contributed by atoms with van der Waals surface area (Å²) in [7, 11) is -17.3. The van der Waals surface area contributed by atoms with Crippen LogP contribution < -0.4 is 26.6 Å². The van der Waals surface area contributed by atoms with Gasteiger partial charge in [0.25, 0.3) is 0 Å². The third kappa shape index (κ3) is 17.1. The van der Waals surface area contributed by atoms with Crippen LogP contribution in [0.15, 0.2) is 0 Å². The molecule has 5 saturated heterocycles. The monoisotopic (exact) mass is 1150 g/mol. The molecular weight excluding hydrogens is 1090 g/mol. The predicted octanol–water partition coefficient (Wildman–Crippen LogP) is -8.05. The van der Waals surface area contributed by atoms with Gasteiger partial charge in [0.15, 0.2) is 25.2 Å². The van der Waals surface area contributed by atoms with Crippen LogP contribution in [0.1, 0.15) is 41.0 Å². The standard InChI is InChI=1S/C37H66N5O30P3/c1-12(6-17-7-38-17)62-34-23(40-14(3)48)28(53)31(19(9-44)64-34)67-74(58,59)71-36-25(42-16(5)50)30(55)33(21(11-46)66-36)69-75(60,61)72-37-24(41-15(4)49)29(54)32(20(10-45)65-37)68-73(56,57)70-35-22(39-13(2)47)27(52)26(51)18(8-43)63-35/h12,17-38,43-46,51-55H,6-11H2,1-5H3,(H,39,47)(H,40,48)(H,41,49)(H,42,50)(H,56,57)(H,58,59)(H,60,61). The number of hydrogen-bond acceptors (Lipinski definition) is 28. The second-order valence-electron chi connectivity index (χ2n) is 18.0. The first-order chi connectivity index (χ1) is 34.9. The van der Waals surface area contributed by atoms with Crippen molar-refractivity contribution in [2.75, 3.05) is 33.0 Å².